The maximum absolute atomic E-state index is 11.0. The first-order valence-electron chi connectivity index (χ1n) is 9.59. The molecule has 0 aliphatic rings. The summed E-state index contributed by atoms with van der Waals surface area (Å²) in [5.41, 5.74) is 0.995. The van der Waals surface area contributed by atoms with Gasteiger partial charge in [0.25, 0.3) is 0 Å². The highest BCUT2D eigenvalue weighted by atomic mass is 79.9. The topological polar surface area (TPSA) is 23.5 Å². The lowest BCUT2D eigenvalue weighted by Crippen LogP contribution is -2.38. The molecule has 0 radical (unpaired) electrons. The van der Waals surface area contributed by atoms with Gasteiger partial charge in [-0.05, 0) is 72.1 Å². The average Bonchev–Trinajstić information content (AvgIpc) is 2.67. The molecule has 0 bridgehead atoms. The number of rotatable bonds is 7. The number of hydrogen-bond acceptors (Lipinski definition) is 2. The van der Waals surface area contributed by atoms with Gasteiger partial charge in [-0.1, -0.05) is 66.2 Å². The van der Waals surface area contributed by atoms with Crippen LogP contribution in [0.15, 0.2) is 53.0 Å². The Balaban J connectivity index is 2.02. The van der Waals surface area contributed by atoms with E-state index in [1.165, 1.54) is 21.5 Å². The minimum absolute atomic E-state index is 0.106. The third kappa shape index (κ3) is 3.80. The molecule has 3 rings (SSSR count). The smallest absolute Gasteiger partial charge is 0.0942 e. The highest BCUT2D eigenvalue weighted by Crippen LogP contribution is 2.34. The quantitative estimate of drug-likeness (QED) is 0.459. The second kappa shape index (κ2) is 8.51. The van der Waals surface area contributed by atoms with Gasteiger partial charge in [0.1, 0.15) is 0 Å². The third-order valence-electron chi connectivity index (χ3n) is 5.23. The molecule has 0 spiro atoms. The monoisotopic (exact) mass is 413 g/mol. The number of aliphatic hydroxyl groups is 1. The van der Waals surface area contributed by atoms with E-state index in [4.69, 9.17) is 0 Å². The summed E-state index contributed by atoms with van der Waals surface area (Å²) in [6, 6.07) is 17.1. The summed E-state index contributed by atoms with van der Waals surface area (Å²) >= 11 is 3.69. The van der Waals surface area contributed by atoms with Crippen molar-refractivity contribution in [2.24, 2.45) is 0 Å². The Kier molecular flexibility index (Phi) is 6.33. The summed E-state index contributed by atoms with van der Waals surface area (Å²) in [4.78, 5) is 2.40. The SMILES string of the molecule is CCCN(CCC)[C@@H](C)[C@H](O)c1ccc2cc(Br)c3ccccc3c2c1. The molecular weight excluding hydrogens is 386 g/mol. The Labute approximate surface area is 165 Å². The van der Waals surface area contributed by atoms with Crippen LogP contribution >= 0.6 is 15.9 Å². The standard InChI is InChI=1S/C23H28BrNO/c1-4-12-25(13-5-2)16(3)23(26)18-11-10-17-15-22(24)20-9-7-6-8-19(20)21(17)14-18/h6-11,14-16,23,26H,4-5,12-13H2,1-3H3/t16-,23-/m0/s1. The number of hydrogen-bond donors (Lipinski definition) is 1. The first kappa shape index (κ1) is 19.3. The number of halogens is 1. The summed E-state index contributed by atoms with van der Waals surface area (Å²) in [7, 11) is 0. The van der Waals surface area contributed by atoms with Gasteiger partial charge in [0.05, 0.1) is 6.10 Å². The van der Waals surface area contributed by atoms with Crippen molar-refractivity contribution in [2.75, 3.05) is 13.1 Å². The first-order chi connectivity index (χ1) is 12.6. The van der Waals surface area contributed by atoms with Gasteiger partial charge in [-0.15, -0.1) is 0 Å². The molecule has 0 unspecified atom stereocenters. The average molecular weight is 414 g/mol. The van der Waals surface area contributed by atoms with Gasteiger partial charge in [0.15, 0.2) is 0 Å². The Bertz CT molecular complexity index is 886. The second-order valence-electron chi connectivity index (χ2n) is 7.11. The fourth-order valence-corrected chi connectivity index (χ4v) is 4.42. The Morgan fingerprint density at radius 1 is 0.923 bits per heavy atom. The molecule has 0 heterocycles. The van der Waals surface area contributed by atoms with E-state index in [1.807, 2.05) is 0 Å². The van der Waals surface area contributed by atoms with Gasteiger partial charge >= 0.3 is 0 Å². The first-order valence-corrected chi connectivity index (χ1v) is 10.4. The van der Waals surface area contributed by atoms with Crippen molar-refractivity contribution in [1.82, 2.24) is 4.90 Å². The van der Waals surface area contributed by atoms with Gasteiger partial charge in [-0.2, -0.15) is 0 Å². The van der Waals surface area contributed by atoms with Crippen molar-refractivity contribution >= 4 is 37.5 Å². The predicted molar refractivity (Wildman–Crippen MR) is 116 cm³/mol. The lowest BCUT2D eigenvalue weighted by atomic mass is 9.95. The van der Waals surface area contributed by atoms with Crippen LogP contribution in [0.3, 0.4) is 0 Å². The minimum atomic E-state index is -0.486. The van der Waals surface area contributed by atoms with Gasteiger partial charge < -0.3 is 5.11 Å². The van der Waals surface area contributed by atoms with Crippen LogP contribution in [-0.2, 0) is 0 Å². The largest absolute Gasteiger partial charge is 0.387 e. The zero-order valence-corrected chi connectivity index (χ0v) is 17.5. The van der Waals surface area contributed by atoms with Gasteiger partial charge in [0.2, 0.25) is 0 Å². The van der Waals surface area contributed by atoms with Crippen LogP contribution in [0.2, 0.25) is 0 Å². The fraction of sp³-hybridized carbons (Fsp3) is 0.391. The van der Waals surface area contributed by atoms with E-state index in [0.29, 0.717) is 0 Å². The number of fused-ring (bicyclic) bond motifs is 3. The summed E-state index contributed by atoms with van der Waals surface area (Å²) in [5.74, 6) is 0. The summed E-state index contributed by atoms with van der Waals surface area (Å²) in [6.07, 6.45) is 1.72. The molecule has 0 saturated heterocycles. The van der Waals surface area contributed by atoms with Crippen LogP contribution in [0.1, 0.15) is 45.3 Å². The van der Waals surface area contributed by atoms with Crippen LogP contribution in [0.5, 0.6) is 0 Å². The van der Waals surface area contributed by atoms with E-state index < -0.39 is 6.10 Å². The van der Waals surface area contributed by atoms with E-state index in [2.05, 4.69) is 90.1 Å². The third-order valence-corrected chi connectivity index (χ3v) is 5.89. The van der Waals surface area contributed by atoms with Crippen molar-refractivity contribution in [3.8, 4) is 0 Å². The number of nitrogens with zero attached hydrogens (tertiary/aromatic N) is 1. The Morgan fingerprint density at radius 3 is 2.23 bits per heavy atom. The van der Waals surface area contributed by atoms with E-state index in [-0.39, 0.29) is 6.04 Å². The second-order valence-corrected chi connectivity index (χ2v) is 7.96. The zero-order chi connectivity index (χ0) is 18.7. The highest BCUT2D eigenvalue weighted by molar-refractivity contribution is 9.10. The normalized spacial score (nSPS) is 14.2. The number of aliphatic hydroxyl groups excluding tert-OH is 1. The van der Waals surface area contributed by atoms with Crippen LogP contribution in [-0.4, -0.2) is 29.1 Å². The van der Waals surface area contributed by atoms with Gasteiger partial charge in [-0.25, -0.2) is 0 Å². The van der Waals surface area contributed by atoms with Crippen molar-refractivity contribution in [3.63, 3.8) is 0 Å². The van der Waals surface area contributed by atoms with Crippen LogP contribution in [0.25, 0.3) is 21.5 Å². The lowest BCUT2D eigenvalue weighted by Gasteiger charge is -2.32. The molecule has 0 amide bonds. The van der Waals surface area contributed by atoms with Gasteiger partial charge in [0, 0.05) is 10.5 Å². The van der Waals surface area contributed by atoms with Crippen molar-refractivity contribution in [1.29, 1.82) is 0 Å². The van der Waals surface area contributed by atoms with Gasteiger partial charge in [-0.3, -0.25) is 4.90 Å². The van der Waals surface area contributed by atoms with Crippen molar-refractivity contribution < 1.29 is 5.11 Å². The van der Waals surface area contributed by atoms with E-state index in [9.17, 15) is 5.11 Å². The van der Waals surface area contributed by atoms with Crippen molar-refractivity contribution in [3.05, 3.63) is 58.6 Å². The molecule has 2 atom stereocenters. The summed E-state index contributed by atoms with van der Waals surface area (Å²) in [5, 5.41) is 15.9. The van der Waals surface area contributed by atoms with Crippen LogP contribution in [0, 0.1) is 0 Å². The van der Waals surface area contributed by atoms with E-state index in [1.54, 1.807) is 0 Å². The van der Waals surface area contributed by atoms with E-state index >= 15 is 0 Å². The number of benzene rings is 3. The van der Waals surface area contributed by atoms with Crippen LogP contribution in [0.4, 0.5) is 0 Å². The van der Waals surface area contributed by atoms with Crippen LogP contribution < -0.4 is 0 Å². The molecule has 3 aromatic carbocycles. The molecule has 0 aliphatic carbocycles. The molecule has 0 saturated carbocycles. The molecule has 3 heteroatoms. The maximum atomic E-state index is 11.0. The Morgan fingerprint density at radius 2 is 1.58 bits per heavy atom. The van der Waals surface area contributed by atoms with Crippen molar-refractivity contribution in [2.45, 2.75) is 45.8 Å². The maximum Gasteiger partial charge on any atom is 0.0942 e. The molecule has 0 aromatic heterocycles. The molecule has 0 aliphatic heterocycles. The zero-order valence-electron chi connectivity index (χ0n) is 15.9. The highest BCUT2D eigenvalue weighted by Gasteiger charge is 2.22. The molecule has 138 valence electrons. The molecule has 26 heavy (non-hydrogen) atoms. The lowest BCUT2D eigenvalue weighted by molar-refractivity contribution is 0.0577. The molecule has 1 N–H and O–H groups in total. The Hall–Kier alpha value is -1.42. The summed E-state index contributed by atoms with van der Waals surface area (Å²) in [6.45, 7) is 8.58. The predicted octanol–water partition coefficient (Wildman–Crippen LogP) is 6.30. The fourth-order valence-electron chi connectivity index (χ4n) is 3.83. The molecule has 0 fully saturated rings. The molecular formula is C23H28BrNO. The summed E-state index contributed by atoms with van der Waals surface area (Å²) < 4.78 is 1.11. The molecule has 3 aromatic rings. The van der Waals surface area contributed by atoms with E-state index in [0.717, 1.165) is 36.0 Å². The minimum Gasteiger partial charge on any atom is -0.387 e. The molecule has 2 nitrogen and oxygen atoms in total.